The molecule has 28 heavy (non-hydrogen) atoms. The summed E-state index contributed by atoms with van der Waals surface area (Å²) in [5, 5.41) is 16.9. The Morgan fingerprint density at radius 1 is 1.21 bits per heavy atom. The maximum atomic E-state index is 12.7. The summed E-state index contributed by atoms with van der Waals surface area (Å²) in [7, 11) is 0. The Kier molecular flexibility index (Phi) is 5.02. The molecule has 3 rings (SSSR count). The SMILES string of the molecule is Cc1cccc(-n2nc(C(=O)Nc3sc(C)c(C)c3C(N)=O)c(O)cc2=O)c1. The van der Waals surface area contributed by atoms with Crippen molar-refractivity contribution in [1.82, 2.24) is 9.78 Å². The number of benzene rings is 1. The molecule has 0 bridgehead atoms. The van der Waals surface area contributed by atoms with Crippen molar-refractivity contribution in [2.45, 2.75) is 20.8 Å². The first-order chi connectivity index (χ1) is 13.2. The number of amides is 2. The number of nitrogens with zero attached hydrogens (tertiary/aromatic N) is 2. The van der Waals surface area contributed by atoms with Gasteiger partial charge in [0.1, 0.15) is 5.00 Å². The van der Waals surface area contributed by atoms with E-state index in [0.29, 0.717) is 11.3 Å². The van der Waals surface area contributed by atoms with Crippen LogP contribution in [0.3, 0.4) is 0 Å². The second-order valence-corrected chi connectivity index (χ2v) is 7.50. The van der Waals surface area contributed by atoms with Crippen LogP contribution in [0.2, 0.25) is 0 Å². The molecule has 0 aliphatic carbocycles. The Bertz CT molecular complexity index is 1160. The van der Waals surface area contributed by atoms with Gasteiger partial charge in [-0.15, -0.1) is 11.3 Å². The van der Waals surface area contributed by atoms with E-state index in [1.807, 2.05) is 13.0 Å². The number of aromatic nitrogens is 2. The van der Waals surface area contributed by atoms with Gasteiger partial charge in [0.2, 0.25) is 0 Å². The van der Waals surface area contributed by atoms with Crippen molar-refractivity contribution >= 4 is 28.2 Å². The van der Waals surface area contributed by atoms with Crippen LogP contribution in [0, 0.1) is 20.8 Å². The first-order valence-corrected chi connectivity index (χ1v) is 9.12. The minimum Gasteiger partial charge on any atom is -0.505 e. The van der Waals surface area contributed by atoms with Crippen LogP contribution in [-0.2, 0) is 0 Å². The summed E-state index contributed by atoms with van der Waals surface area (Å²) in [4.78, 5) is 37.5. The van der Waals surface area contributed by atoms with Crippen molar-refractivity contribution in [1.29, 1.82) is 0 Å². The van der Waals surface area contributed by atoms with Crippen LogP contribution in [0.25, 0.3) is 5.69 Å². The monoisotopic (exact) mass is 398 g/mol. The lowest BCUT2D eigenvalue weighted by Crippen LogP contribution is -2.25. The molecule has 2 aromatic heterocycles. The molecule has 0 unspecified atom stereocenters. The van der Waals surface area contributed by atoms with E-state index >= 15 is 0 Å². The molecule has 0 radical (unpaired) electrons. The molecule has 0 atom stereocenters. The van der Waals surface area contributed by atoms with E-state index in [1.54, 1.807) is 32.0 Å². The number of primary amides is 1. The van der Waals surface area contributed by atoms with Crippen molar-refractivity contribution in [2.75, 3.05) is 5.32 Å². The van der Waals surface area contributed by atoms with Gasteiger partial charge in [0.25, 0.3) is 17.4 Å². The van der Waals surface area contributed by atoms with Crippen LogP contribution in [0.4, 0.5) is 5.00 Å². The highest BCUT2D eigenvalue weighted by Crippen LogP contribution is 2.32. The molecule has 0 saturated heterocycles. The molecule has 2 amide bonds. The third kappa shape index (κ3) is 3.52. The van der Waals surface area contributed by atoms with Crippen LogP contribution < -0.4 is 16.6 Å². The Hall–Kier alpha value is -3.46. The van der Waals surface area contributed by atoms with Crippen LogP contribution >= 0.6 is 11.3 Å². The molecular formula is C19H18N4O4S. The quantitative estimate of drug-likeness (QED) is 0.621. The molecular weight excluding hydrogens is 380 g/mol. The van der Waals surface area contributed by atoms with E-state index in [9.17, 15) is 19.5 Å². The van der Waals surface area contributed by atoms with Gasteiger partial charge in [0, 0.05) is 10.9 Å². The van der Waals surface area contributed by atoms with Crippen LogP contribution in [0.5, 0.6) is 5.75 Å². The molecule has 8 nitrogen and oxygen atoms in total. The van der Waals surface area contributed by atoms with Crippen molar-refractivity contribution in [3.8, 4) is 11.4 Å². The van der Waals surface area contributed by atoms with E-state index in [1.165, 1.54) is 11.3 Å². The van der Waals surface area contributed by atoms with Gasteiger partial charge in [0.15, 0.2) is 11.4 Å². The van der Waals surface area contributed by atoms with E-state index in [0.717, 1.165) is 21.2 Å². The number of aromatic hydroxyl groups is 1. The average molecular weight is 398 g/mol. The van der Waals surface area contributed by atoms with Gasteiger partial charge in [0.05, 0.1) is 11.3 Å². The lowest BCUT2D eigenvalue weighted by atomic mass is 10.1. The zero-order valence-corrected chi connectivity index (χ0v) is 16.3. The summed E-state index contributed by atoms with van der Waals surface area (Å²) in [5.41, 5.74) is 6.73. The van der Waals surface area contributed by atoms with Gasteiger partial charge >= 0.3 is 0 Å². The summed E-state index contributed by atoms with van der Waals surface area (Å²) < 4.78 is 1.03. The number of aryl methyl sites for hydroxylation is 2. The molecule has 0 fully saturated rings. The van der Waals surface area contributed by atoms with Crippen LogP contribution in [0.1, 0.15) is 36.9 Å². The molecule has 0 aliphatic heterocycles. The molecule has 3 aromatic rings. The van der Waals surface area contributed by atoms with E-state index in [-0.39, 0.29) is 16.3 Å². The second kappa shape index (κ2) is 7.28. The van der Waals surface area contributed by atoms with Gasteiger partial charge in [-0.2, -0.15) is 9.78 Å². The Morgan fingerprint density at radius 2 is 1.93 bits per heavy atom. The highest BCUT2D eigenvalue weighted by molar-refractivity contribution is 7.16. The molecule has 9 heteroatoms. The van der Waals surface area contributed by atoms with Gasteiger partial charge in [-0.3, -0.25) is 14.4 Å². The fourth-order valence-corrected chi connectivity index (χ4v) is 3.79. The largest absolute Gasteiger partial charge is 0.505 e. The predicted octanol–water partition coefficient (Wildman–Crippen LogP) is 2.28. The molecule has 0 spiro atoms. The number of hydrogen-bond donors (Lipinski definition) is 3. The Labute approximate surface area is 164 Å². The van der Waals surface area contributed by atoms with Crippen molar-refractivity contribution in [3.05, 3.63) is 67.9 Å². The van der Waals surface area contributed by atoms with Gasteiger partial charge in [-0.25, -0.2) is 0 Å². The zero-order valence-electron chi connectivity index (χ0n) is 15.4. The Balaban J connectivity index is 2.04. The zero-order chi connectivity index (χ0) is 20.6. The number of nitrogens with two attached hydrogens (primary N) is 1. The lowest BCUT2D eigenvalue weighted by Gasteiger charge is -2.10. The second-order valence-electron chi connectivity index (χ2n) is 6.27. The number of carbonyl (C=O) groups is 2. The first-order valence-electron chi connectivity index (χ1n) is 8.30. The number of rotatable bonds is 4. The summed E-state index contributed by atoms with van der Waals surface area (Å²) in [6, 6.07) is 7.92. The van der Waals surface area contributed by atoms with Crippen molar-refractivity contribution < 1.29 is 14.7 Å². The molecule has 4 N–H and O–H groups in total. The summed E-state index contributed by atoms with van der Waals surface area (Å²) >= 11 is 1.19. The summed E-state index contributed by atoms with van der Waals surface area (Å²) in [6.45, 7) is 5.39. The predicted molar refractivity (Wildman–Crippen MR) is 106 cm³/mol. The lowest BCUT2D eigenvalue weighted by molar-refractivity contribution is 0.100. The average Bonchev–Trinajstić information content (AvgIpc) is 2.88. The molecule has 1 aromatic carbocycles. The van der Waals surface area contributed by atoms with E-state index in [2.05, 4.69) is 10.4 Å². The minimum atomic E-state index is -0.761. The fourth-order valence-electron chi connectivity index (χ4n) is 2.73. The summed E-state index contributed by atoms with van der Waals surface area (Å²) in [5.74, 6) is -1.99. The number of anilines is 1. The number of hydrogen-bond acceptors (Lipinski definition) is 6. The third-order valence-electron chi connectivity index (χ3n) is 4.23. The molecule has 2 heterocycles. The topological polar surface area (TPSA) is 127 Å². The van der Waals surface area contributed by atoms with Crippen molar-refractivity contribution in [2.24, 2.45) is 5.73 Å². The smallest absolute Gasteiger partial charge is 0.280 e. The number of carbonyl (C=O) groups excluding carboxylic acids is 2. The Morgan fingerprint density at radius 3 is 2.57 bits per heavy atom. The van der Waals surface area contributed by atoms with E-state index < -0.39 is 23.1 Å². The van der Waals surface area contributed by atoms with Crippen LogP contribution in [0.15, 0.2) is 35.1 Å². The normalized spacial score (nSPS) is 10.7. The third-order valence-corrected chi connectivity index (χ3v) is 5.35. The maximum absolute atomic E-state index is 12.7. The van der Waals surface area contributed by atoms with Crippen molar-refractivity contribution in [3.63, 3.8) is 0 Å². The van der Waals surface area contributed by atoms with Gasteiger partial charge < -0.3 is 16.2 Å². The van der Waals surface area contributed by atoms with E-state index in [4.69, 9.17) is 5.73 Å². The minimum absolute atomic E-state index is 0.211. The number of thiophene rings is 1. The molecule has 144 valence electrons. The molecule has 0 aliphatic rings. The first kappa shape index (κ1) is 19.3. The van der Waals surface area contributed by atoms with Crippen LogP contribution in [-0.4, -0.2) is 26.7 Å². The molecule has 0 saturated carbocycles. The highest BCUT2D eigenvalue weighted by Gasteiger charge is 2.22. The highest BCUT2D eigenvalue weighted by atomic mass is 32.1. The fraction of sp³-hybridized carbons (Fsp3) is 0.158. The number of nitrogens with one attached hydrogen (secondary N) is 1. The van der Waals surface area contributed by atoms with Gasteiger partial charge in [-0.05, 0) is 44.0 Å². The summed E-state index contributed by atoms with van der Waals surface area (Å²) in [6.07, 6.45) is 0. The van der Waals surface area contributed by atoms with Gasteiger partial charge in [-0.1, -0.05) is 12.1 Å². The standard InChI is InChI=1S/C19H18N4O4S/c1-9-5-4-6-12(7-9)23-14(25)8-13(24)16(22-23)18(27)21-19-15(17(20)26)10(2)11(3)28-19/h4-8,24H,1-3H3,(H2,20,26)(H,21,27). The maximum Gasteiger partial charge on any atom is 0.280 e.